The minimum atomic E-state index is -0.204. The Bertz CT molecular complexity index is 637. The van der Waals surface area contributed by atoms with Crippen LogP contribution in [0.2, 0.25) is 0 Å². The number of nitrogens with zero attached hydrogens (tertiary/aromatic N) is 4. The molecule has 0 saturated carbocycles. The van der Waals surface area contributed by atoms with Crippen molar-refractivity contribution >= 4 is 17.8 Å². The van der Waals surface area contributed by atoms with E-state index in [4.69, 9.17) is 4.74 Å². The van der Waals surface area contributed by atoms with Crippen molar-refractivity contribution in [1.82, 2.24) is 20.2 Å². The standard InChI is InChI=1S/C17H25N5O3/c1-12-10-15(16(24)18-11-14-4-3-9-25-14)20-17(19-12)22-7-5-21(6-8-22)13(2)23/h10,14H,3-9,11H2,1-2H3,(H,18,24). The second-order valence-electron chi connectivity index (χ2n) is 6.53. The van der Waals surface area contributed by atoms with E-state index < -0.39 is 0 Å². The summed E-state index contributed by atoms with van der Waals surface area (Å²) in [6, 6.07) is 1.69. The minimum absolute atomic E-state index is 0.0824. The molecule has 8 nitrogen and oxygen atoms in total. The van der Waals surface area contributed by atoms with Gasteiger partial charge in [-0.3, -0.25) is 9.59 Å². The molecule has 1 atom stereocenters. The van der Waals surface area contributed by atoms with Gasteiger partial charge < -0.3 is 19.9 Å². The maximum atomic E-state index is 12.4. The number of carbonyl (C=O) groups excluding carboxylic acids is 2. The topological polar surface area (TPSA) is 87.7 Å². The molecule has 2 saturated heterocycles. The van der Waals surface area contributed by atoms with Crippen molar-refractivity contribution in [2.24, 2.45) is 0 Å². The molecule has 0 aliphatic carbocycles. The lowest BCUT2D eigenvalue weighted by Gasteiger charge is -2.34. The summed E-state index contributed by atoms with van der Waals surface area (Å²) in [6.45, 7) is 7.33. The Hall–Kier alpha value is -2.22. The third kappa shape index (κ3) is 4.45. The first kappa shape index (κ1) is 17.6. The van der Waals surface area contributed by atoms with Crippen LogP contribution in [0.1, 0.15) is 35.9 Å². The van der Waals surface area contributed by atoms with E-state index in [1.165, 1.54) is 0 Å². The van der Waals surface area contributed by atoms with Crippen LogP contribution in [0, 0.1) is 6.92 Å². The monoisotopic (exact) mass is 347 g/mol. The lowest BCUT2D eigenvalue weighted by Crippen LogP contribution is -2.48. The average Bonchev–Trinajstić information content (AvgIpc) is 3.12. The molecular weight excluding hydrogens is 322 g/mol. The van der Waals surface area contributed by atoms with Crippen molar-refractivity contribution in [3.8, 4) is 0 Å². The molecule has 2 aliphatic rings. The molecule has 136 valence electrons. The van der Waals surface area contributed by atoms with E-state index in [1.54, 1.807) is 13.0 Å². The molecule has 0 aromatic carbocycles. The predicted octanol–water partition coefficient (Wildman–Crippen LogP) is 0.362. The molecule has 0 radical (unpaired) electrons. The first-order valence-electron chi connectivity index (χ1n) is 8.79. The van der Waals surface area contributed by atoms with E-state index in [1.807, 2.05) is 16.7 Å². The van der Waals surface area contributed by atoms with Gasteiger partial charge in [0.05, 0.1) is 6.10 Å². The van der Waals surface area contributed by atoms with E-state index in [-0.39, 0.29) is 17.9 Å². The highest BCUT2D eigenvalue weighted by Gasteiger charge is 2.22. The van der Waals surface area contributed by atoms with Gasteiger partial charge in [-0.2, -0.15) is 0 Å². The zero-order valence-corrected chi connectivity index (χ0v) is 14.8. The van der Waals surface area contributed by atoms with E-state index in [0.717, 1.165) is 25.1 Å². The number of nitrogens with one attached hydrogen (secondary N) is 1. The van der Waals surface area contributed by atoms with Gasteiger partial charge in [0.25, 0.3) is 5.91 Å². The molecule has 2 aliphatic heterocycles. The second kappa shape index (κ2) is 7.77. The fraction of sp³-hybridized carbons (Fsp3) is 0.647. The smallest absolute Gasteiger partial charge is 0.270 e. The normalized spacial score (nSPS) is 20.6. The number of anilines is 1. The van der Waals surface area contributed by atoms with Gasteiger partial charge in [-0.15, -0.1) is 0 Å². The molecule has 2 amide bonds. The highest BCUT2D eigenvalue weighted by molar-refractivity contribution is 5.92. The Labute approximate surface area is 147 Å². The summed E-state index contributed by atoms with van der Waals surface area (Å²) in [7, 11) is 0. The molecule has 8 heteroatoms. The van der Waals surface area contributed by atoms with Crippen LogP contribution in [0.25, 0.3) is 0 Å². The summed E-state index contributed by atoms with van der Waals surface area (Å²) in [5.74, 6) is 0.425. The summed E-state index contributed by atoms with van der Waals surface area (Å²) in [5, 5.41) is 2.89. The summed E-state index contributed by atoms with van der Waals surface area (Å²) < 4.78 is 5.52. The third-order valence-electron chi connectivity index (χ3n) is 4.60. The fourth-order valence-corrected chi connectivity index (χ4v) is 3.13. The van der Waals surface area contributed by atoms with Crippen LogP contribution in [0.15, 0.2) is 6.07 Å². The molecule has 2 fully saturated rings. The largest absolute Gasteiger partial charge is 0.376 e. The average molecular weight is 347 g/mol. The van der Waals surface area contributed by atoms with Crippen molar-refractivity contribution in [3.63, 3.8) is 0 Å². The van der Waals surface area contributed by atoms with Gasteiger partial charge in [-0.05, 0) is 25.8 Å². The zero-order chi connectivity index (χ0) is 17.8. The highest BCUT2D eigenvalue weighted by atomic mass is 16.5. The van der Waals surface area contributed by atoms with E-state index in [0.29, 0.717) is 44.4 Å². The molecule has 0 spiro atoms. The number of rotatable bonds is 4. The lowest BCUT2D eigenvalue weighted by atomic mass is 10.2. The van der Waals surface area contributed by atoms with Gasteiger partial charge >= 0.3 is 0 Å². The van der Waals surface area contributed by atoms with Gasteiger partial charge in [-0.25, -0.2) is 9.97 Å². The Kier molecular flexibility index (Phi) is 5.47. The van der Waals surface area contributed by atoms with Crippen LogP contribution in [-0.2, 0) is 9.53 Å². The summed E-state index contributed by atoms with van der Waals surface area (Å²) in [6.07, 6.45) is 2.13. The Morgan fingerprint density at radius 1 is 1.28 bits per heavy atom. The molecule has 1 N–H and O–H groups in total. The van der Waals surface area contributed by atoms with Crippen molar-refractivity contribution in [2.45, 2.75) is 32.8 Å². The molecule has 25 heavy (non-hydrogen) atoms. The fourth-order valence-electron chi connectivity index (χ4n) is 3.13. The minimum Gasteiger partial charge on any atom is -0.376 e. The Balaban J connectivity index is 1.63. The third-order valence-corrected chi connectivity index (χ3v) is 4.60. The summed E-state index contributed by atoms with van der Waals surface area (Å²) in [4.78, 5) is 36.5. The summed E-state index contributed by atoms with van der Waals surface area (Å²) in [5.41, 5.74) is 1.12. The number of amides is 2. The molecular formula is C17H25N5O3. The quantitative estimate of drug-likeness (QED) is 0.846. The lowest BCUT2D eigenvalue weighted by molar-refractivity contribution is -0.129. The molecule has 0 bridgehead atoms. The van der Waals surface area contributed by atoms with Crippen LogP contribution >= 0.6 is 0 Å². The van der Waals surface area contributed by atoms with Crippen LogP contribution < -0.4 is 10.2 Å². The number of aromatic nitrogens is 2. The maximum absolute atomic E-state index is 12.4. The van der Waals surface area contributed by atoms with Crippen molar-refractivity contribution in [2.75, 3.05) is 44.2 Å². The molecule has 3 rings (SSSR count). The number of hydrogen-bond acceptors (Lipinski definition) is 6. The van der Waals surface area contributed by atoms with Crippen LogP contribution in [0.5, 0.6) is 0 Å². The predicted molar refractivity (Wildman–Crippen MR) is 92.5 cm³/mol. The number of hydrogen-bond donors (Lipinski definition) is 1. The van der Waals surface area contributed by atoms with Gasteiger partial charge in [0.1, 0.15) is 5.69 Å². The molecule has 3 heterocycles. The number of ether oxygens (including phenoxy) is 1. The van der Waals surface area contributed by atoms with Gasteiger partial charge in [0.15, 0.2) is 0 Å². The first-order chi connectivity index (χ1) is 12.0. The van der Waals surface area contributed by atoms with Crippen LogP contribution in [-0.4, -0.2) is 72.1 Å². The van der Waals surface area contributed by atoms with E-state index >= 15 is 0 Å². The van der Waals surface area contributed by atoms with Crippen LogP contribution in [0.4, 0.5) is 5.95 Å². The van der Waals surface area contributed by atoms with Gasteiger partial charge in [0, 0.05) is 51.9 Å². The van der Waals surface area contributed by atoms with E-state index in [9.17, 15) is 9.59 Å². The number of carbonyl (C=O) groups is 2. The van der Waals surface area contributed by atoms with Gasteiger partial charge in [0.2, 0.25) is 11.9 Å². The molecule has 1 aromatic heterocycles. The first-order valence-corrected chi connectivity index (χ1v) is 8.79. The second-order valence-corrected chi connectivity index (χ2v) is 6.53. The SMILES string of the molecule is CC(=O)N1CCN(c2nc(C)cc(C(=O)NCC3CCCO3)n2)CC1. The zero-order valence-electron chi connectivity index (χ0n) is 14.8. The van der Waals surface area contributed by atoms with Crippen molar-refractivity contribution in [3.05, 3.63) is 17.5 Å². The summed E-state index contributed by atoms with van der Waals surface area (Å²) >= 11 is 0. The highest BCUT2D eigenvalue weighted by Crippen LogP contribution is 2.14. The van der Waals surface area contributed by atoms with E-state index in [2.05, 4.69) is 15.3 Å². The van der Waals surface area contributed by atoms with Crippen molar-refractivity contribution < 1.29 is 14.3 Å². The Morgan fingerprint density at radius 2 is 2.04 bits per heavy atom. The molecule has 1 aromatic rings. The Morgan fingerprint density at radius 3 is 2.68 bits per heavy atom. The van der Waals surface area contributed by atoms with Gasteiger partial charge in [-0.1, -0.05) is 0 Å². The maximum Gasteiger partial charge on any atom is 0.270 e. The van der Waals surface area contributed by atoms with Crippen molar-refractivity contribution in [1.29, 1.82) is 0 Å². The number of piperazine rings is 1. The van der Waals surface area contributed by atoms with Crippen LogP contribution in [0.3, 0.4) is 0 Å². The molecule has 1 unspecified atom stereocenters. The number of aryl methyl sites for hydroxylation is 1.